The summed E-state index contributed by atoms with van der Waals surface area (Å²) in [6.45, 7) is 0. The van der Waals surface area contributed by atoms with Gasteiger partial charge in [0.15, 0.2) is 5.13 Å². The van der Waals surface area contributed by atoms with E-state index in [1.54, 1.807) is 30.3 Å². The minimum Gasteiger partial charge on any atom is -0.457 e. The van der Waals surface area contributed by atoms with Gasteiger partial charge in [-0.2, -0.15) is 0 Å². The molecule has 2 aromatic carbocycles. The zero-order valence-corrected chi connectivity index (χ0v) is 19.1. The van der Waals surface area contributed by atoms with Crippen LogP contribution in [-0.4, -0.2) is 10.9 Å². The number of furan rings is 1. The maximum Gasteiger partial charge on any atom is 0.250 e. The molecule has 0 unspecified atom stereocenters. The van der Waals surface area contributed by atoms with Crippen LogP contribution in [0.25, 0.3) is 28.7 Å². The van der Waals surface area contributed by atoms with Gasteiger partial charge in [-0.1, -0.05) is 57.3 Å². The summed E-state index contributed by atoms with van der Waals surface area (Å²) in [5.74, 6) is 0.790. The highest BCUT2D eigenvalue weighted by atomic mass is 79.9. The van der Waals surface area contributed by atoms with Crippen LogP contribution in [0.1, 0.15) is 5.76 Å². The molecule has 30 heavy (non-hydrogen) atoms. The van der Waals surface area contributed by atoms with Crippen molar-refractivity contribution >= 4 is 67.6 Å². The maximum absolute atomic E-state index is 12.2. The molecule has 0 radical (unpaired) electrons. The highest BCUT2D eigenvalue weighted by molar-refractivity contribution is 9.10. The van der Waals surface area contributed by atoms with Gasteiger partial charge < -0.3 is 4.42 Å². The topological polar surface area (TPSA) is 55.1 Å². The Morgan fingerprint density at radius 2 is 1.90 bits per heavy atom. The summed E-state index contributed by atoms with van der Waals surface area (Å²) in [6, 6.07) is 16.7. The SMILES string of the molecule is O=C(C=Cc1ccc(-c2cccc(Cl)c2Cl)o1)Nc1nc(-c2ccc(Br)cc2)cs1. The lowest BCUT2D eigenvalue weighted by atomic mass is 10.2. The van der Waals surface area contributed by atoms with E-state index in [2.05, 4.69) is 26.2 Å². The van der Waals surface area contributed by atoms with E-state index in [9.17, 15) is 4.79 Å². The lowest BCUT2D eigenvalue weighted by Gasteiger charge is -2.01. The number of carbonyl (C=O) groups excluding carboxylic acids is 1. The van der Waals surface area contributed by atoms with Crippen LogP contribution < -0.4 is 5.32 Å². The Bertz CT molecular complexity index is 1230. The van der Waals surface area contributed by atoms with Crippen LogP contribution in [0.4, 0.5) is 5.13 Å². The predicted molar refractivity (Wildman–Crippen MR) is 127 cm³/mol. The van der Waals surface area contributed by atoms with Crippen molar-refractivity contribution in [2.75, 3.05) is 5.32 Å². The van der Waals surface area contributed by atoms with Crippen molar-refractivity contribution in [3.8, 4) is 22.6 Å². The molecule has 0 aliphatic carbocycles. The van der Waals surface area contributed by atoms with Gasteiger partial charge in [-0.3, -0.25) is 10.1 Å². The fraction of sp³-hybridized carbons (Fsp3) is 0. The Balaban J connectivity index is 1.42. The predicted octanol–water partition coefficient (Wildman–Crippen LogP) is 7.79. The van der Waals surface area contributed by atoms with Gasteiger partial charge in [-0.05, 0) is 42.5 Å². The Hall–Kier alpha value is -2.38. The molecule has 0 atom stereocenters. The number of hydrogen-bond acceptors (Lipinski definition) is 4. The van der Waals surface area contributed by atoms with Crippen molar-refractivity contribution in [3.63, 3.8) is 0 Å². The number of halogens is 3. The third-order valence-electron chi connectivity index (χ3n) is 4.12. The Morgan fingerprint density at radius 3 is 2.70 bits per heavy atom. The van der Waals surface area contributed by atoms with Crippen LogP contribution >= 0.6 is 50.5 Å². The average molecular weight is 520 g/mol. The normalized spacial score (nSPS) is 11.2. The molecule has 2 heterocycles. The number of thiazole rings is 1. The van der Waals surface area contributed by atoms with E-state index in [4.69, 9.17) is 27.6 Å². The molecular weight excluding hydrogens is 507 g/mol. The molecule has 2 aromatic heterocycles. The van der Waals surface area contributed by atoms with E-state index in [1.807, 2.05) is 35.7 Å². The highest BCUT2D eigenvalue weighted by Gasteiger charge is 2.11. The number of amides is 1. The first-order chi connectivity index (χ1) is 14.5. The third-order valence-corrected chi connectivity index (χ3v) is 6.22. The standard InChI is InChI=1S/C22H13BrCl2N2O2S/c23-14-6-4-13(5-7-14)18-12-30-22(26-18)27-20(28)11-9-15-8-10-19(29-15)16-2-1-3-17(24)21(16)25/h1-12H,(H,26,27,28). The molecule has 0 bridgehead atoms. The summed E-state index contributed by atoms with van der Waals surface area (Å²) in [7, 11) is 0. The largest absolute Gasteiger partial charge is 0.457 e. The van der Waals surface area contributed by atoms with Crippen LogP contribution in [0.5, 0.6) is 0 Å². The Kier molecular flexibility index (Phi) is 6.39. The Morgan fingerprint density at radius 1 is 1.10 bits per heavy atom. The number of nitrogens with one attached hydrogen (secondary N) is 1. The number of rotatable bonds is 5. The van der Waals surface area contributed by atoms with Crippen molar-refractivity contribution in [2.45, 2.75) is 0 Å². The van der Waals surface area contributed by atoms with Crippen molar-refractivity contribution in [2.24, 2.45) is 0 Å². The minimum absolute atomic E-state index is 0.301. The summed E-state index contributed by atoms with van der Waals surface area (Å²) in [4.78, 5) is 16.7. The van der Waals surface area contributed by atoms with Gasteiger partial charge in [0.05, 0.1) is 15.7 Å². The summed E-state index contributed by atoms with van der Waals surface area (Å²) in [6.07, 6.45) is 2.98. The number of nitrogens with zero attached hydrogens (tertiary/aromatic N) is 1. The quantitative estimate of drug-likeness (QED) is 0.274. The van der Waals surface area contributed by atoms with E-state index >= 15 is 0 Å². The van der Waals surface area contributed by atoms with Gasteiger partial charge in [-0.25, -0.2) is 4.98 Å². The molecule has 4 aromatic rings. The molecule has 4 nitrogen and oxygen atoms in total. The van der Waals surface area contributed by atoms with E-state index < -0.39 is 0 Å². The van der Waals surface area contributed by atoms with E-state index in [-0.39, 0.29) is 5.91 Å². The fourth-order valence-corrected chi connectivity index (χ4v) is 4.05. The number of carbonyl (C=O) groups is 1. The van der Waals surface area contributed by atoms with Crippen molar-refractivity contribution in [1.29, 1.82) is 0 Å². The molecule has 1 N–H and O–H groups in total. The summed E-state index contributed by atoms with van der Waals surface area (Å²) in [5.41, 5.74) is 2.48. The second-order valence-corrected chi connectivity index (χ2v) is 8.73. The van der Waals surface area contributed by atoms with Crippen LogP contribution in [0, 0.1) is 0 Å². The van der Waals surface area contributed by atoms with Gasteiger partial charge >= 0.3 is 0 Å². The zero-order chi connectivity index (χ0) is 21.1. The second-order valence-electron chi connectivity index (χ2n) is 6.17. The molecule has 0 fully saturated rings. The van der Waals surface area contributed by atoms with E-state index in [1.165, 1.54) is 17.4 Å². The van der Waals surface area contributed by atoms with Crippen LogP contribution in [0.15, 0.2) is 74.9 Å². The van der Waals surface area contributed by atoms with Gasteiger partial charge in [0.25, 0.3) is 0 Å². The first-order valence-electron chi connectivity index (χ1n) is 8.74. The molecule has 1 amide bonds. The van der Waals surface area contributed by atoms with Gasteiger partial charge in [0.2, 0.25) is 5.91 Å². The molecule has 0 saturated heterocycles. The highest BCUT2D eigenvalue weighted by Crippen LogP contribution is 2.34. The number of benzene rings is 2. The van der Waals surface area contributed by atoms with Crippen molar-refractivity contribution in [3.05, 3.63) is 86.3 Å². The molecule has 0 spiro atoms. The lowest BCUT2D eigenvalue weighted by molar-refractivity contribution is -0.111. The maximum atomic E-state index is 12.2. The molecule has 0 aliphatic heterocycles. The lowest BCUT2D eigenvalue weighted by Crippen LogP contribution is -2.07. The Labute approximate surface area is 195 Å². The molecule has 4 rings (SSSR count). The number of anilines is 1. The van der Waals surface area contributed by atoms with E-state index in [0.29, 0.717) is 32.3 Å². The monoisotopic (exact) mass is 518 g/mol. The number of hydrogen-bond donors (Lipinski definition) is 1. The van der Waals surface area contributed by atoms with Crippen LogP contribution in [-0.2, 0) is 4.79 Å². The average Bonchev–Trinajstić information content (AvgIpc) is 3.39. The summed E-state index contributed by atoms with van der Waals surface area (Å²) >= 11 is 17.1. The summed E-state index contributed by atoms with van der Waals surface area (Å²) < 4.78 is 6.75. The van der Waals surface area contributed by atoms with Crippen LogP contribution in [0.2, 0.25) is 10.0 Å². The smallest absolute Gasteiger partial charge is 0.250 e. The van der Waals surface area contributed by atoms with Gasteiger partial charge in [0.1, 0.15) is 11.5 Å². The van der Waals surface area contributed by atoms with Crippen molar-refractivity contribution < 1.29 is 9.21 Å². The molecule has 0 aliphatic rings. The summed E-state index contributed by atoms with van der Waals surface area (Å²) in [5, 5.41) is 6.06. The molecule has 0 saturated carbocycles. The van der Waals surface area contributed by atoms with Crippen molar-refractivity contribution in [1.82, 2.24) is 4.98 Å². The second kappa shape index (κ2) is 9.18. The first kappa shape index (κ1) is 20.9. The zero-order valence-electron chi connectivity index (χ0n) is 15.2. The number of aromatic nitrogens is 1. The van der Waals surface area contributed by atoms with Gasteiger partial charge in [0, 0.05) is 27.1 Å². The fourth-order valence-electron chi connectivity index (χ4n) is 2.67. The van der Waals surface area contributed by atoms with Crippen LogP contribution in [0.3, 0.4) is 0 Å². The third kappa shape index (κ3) is 4.84. The van der Waals surface area contributed by atoms with Gasteiger partial charge in [-0.15, -0.1) is 11.3 Å². The first-order valence-corrected chi connectivity index (χ1v) is 11.2. The molecule has 150 valence electrons. The molecular formula is C22H13BrCl2N2O2S. The van der Waals surface area contributed by atoms with E-state index in [0.717, 1.165) is 15.7 Å². The minimum atomic E-state index is -0.301. The molecule has 8 heteroatoms.